The first kappa shape index (κ1) is 26.3. The Balaban J connectivity index is 1.60. The molecule has 2 aromatic heterocycles. The van der Waals surface area contributed by atoms with E-state index >= 15 is 0 Å². The molecule has 0 aliphatic carbocycles. The van der Waals surface area contributed by atoms with Crippen LogP contribution in [0.4, 0.5) is 11.5 Å². The Kier molecular flexibility index (Phi) is 7.63. The second-order valence-electron chi connectivity index (χ2n) is 9.53. The normalized spacial score (nSPS) is 17.9. The third-order valence-corrected chi connectivity index (χ3v) is 7.14. The highest BCUT2D eigenvalue weighted by atomic mass is 35.5. The molecule has 10 heteroatoms. The fourth-order valence-corrected chi connectivity index (χ4v) is 5.02. The molecule has 2 N–H and O–H groups in total. The van der Waals surface area contributed by atoms with Crippen LogP contribution in [0.25, 0.3) is 0 Å². The van der Waals surface area contributed by atoms with Gasteiger partial charge in [0.15, 0.2) is 0 Å². The highest BCUT2D eigenvalue weighted by Gasteiger charge is 2.55. The van der Waals surface area contributed by atoms with Crippen molar-refractivity contribution in [3.63, 3.8) is 0 Å². The molecule has 0 unspecified atom stereocenters. The van der Waals surface area contributed by atoms with Gasteiger partial charge in [-0.25, -0.2) is 4.98 Å². The fraction of sp³-hybridized carbons (Fsp3) is 0.370. The van der Waals surface area contributed by atoms with Gasteiger partial charge in [0.25, 0.3) is 5.91 Å². The molecule has 1 aliphatic rings. The monoisotopic (exact) mass is 522 g/mol. The zero-order valence-electron chi connectivity index (χ0n) is 21.4. The Morgan fingerprint density at radius 2 is 1.92 bits per heavy atom. The summed E-state index contributed by atoms with van der Waals surface area (Å²) < 4.78 is 1.59. The maximum absolute atomic E-state index is 13.7. The van der Waals surface area contributed by atoms with Gasteiger partial charge in [0, 0.05) is 37.4 Å². The summed E-state index contributed by atoms with van der Waals surface area (Å²) in [5.41, 5.74) is 8.96. The molecule has 1 aliphatic heterocycles. The van der Waals surface area contributed by atoms with Crippen molar-refractivity contribution in [2.24, 2.45) is 13.0 Å². The first-order valence-corrected chi connectivity index (χ1v) is 12.6. The van der Waals surface area contributed by atoms with Crippen molar-refractivity contribution in [1.82, 2.24) is 19.7 Å². The molecule has 3 atom stereocenters. The summed E-state index contributed by atoms with van der Waals surface area (Å²) in [4.78, 5) is 47.3. The van der Waals surface area contributed by atoms with Crippen LogP contribution >= 0.6 is 11.6 Å². The van der Waals surface area contributed by atoms with Crippen LogP contribution in [-0.4, -0.2) is 50.5 Å². The number of halogens is 1. The summed E-state index contributed by atoms with van der Waals surface area (Å²) in [6, 6.07) is 9.96. The van der Waals surface area contributed by atoms with Crippen molar-refractivity contribution in [2.45, 2.75) is 45.1 Å². The Morgan fingerprint density at radius 1 is 1.22 bits per heavy atom. The summed E-state index contributed by atoms with van der Waals surface area (Å²) >= 11 is 6.02. The van der Waals surface area contributed by atoms with E-state index < -0.39 is 12.0 Å². The number of pyridine rings is 1. The number of nitrogen functional groups attached to an aromatic ring is 1. The van der Waals surface area contributed by atoms with Crippen molar-refractivity contribution in [3.05, 3.63) is 70.6 Å². The van der Waals surface area contributed by atoms with Crippen LogP contribution < -0.4 is 10.6 Å². The number of amides is 3. The molecule has 0 radical (unpaired) electrons. The van der Waals surface area contributed by atoms with Gasteiger partial charge in [0.1, 0.15) is 11.9 Å². The molecule has 1 fully saturated rings. The Bertz CT molecular complexity index is 1300. The number of aromatic nitrogens is 3. The number of anilines is 2. The van der Waals surface area contributed by atoms with Crippen molar-refractivity contribution in [2.75, 3.05) is 17.7 Å². The number of nitrogens with zero attached hydrogens (tertiary/aromatic N) is 5. The molecule has 3 aromatic rings. The highest BCUT2D eigenvalue weighted by molar-refractivity contribution is 6.30. The SMILES string of the molecule is CC[C@@H](CC(=O)N1C(=O)[C@H](Cc2cc(C)nc(N)c2)[C@H]1C(=O)N(C)c1cnn(C)c1)c1ccc(Cl)cc1. The molecule has 0 spiro atoms. The molecule has 4 rings (SSSR count). The second kappa shape index (κ2) is 10.7. The maximum atomic E-state index is 13.7. The summed E-state index contributed by atoms with van der Waals surface area (Å²) in [6.07, 6.45) is 4.36. The van der Waals surface area contributed by atoms with Crippen LogP contribution in [-0.2, 0) is 27.9 Å². The van der Waals surface area contributed by atoms with Gasteiger partial charge >= 0.3 is 0 Å². The van der Waals surface area contributed by atoms with Crippen molar-refractivity contribution in [1.29, 1.82) is 0 Å². The quantitative estimate of drug-likeness (QED) is 0.453. The predicted molar refractivity (Wildman–Crippen MR) is 142 cm³/mol. The molecule has 0 saturated carbocycles. The smallest absolute Gasteiger partial charge is 0.250 e. The first-order valence-electron chi connectivity index (χ1n) is 12.2. The van der Waals surface area contributed by atoms with Gasteiger partial charge in [-0.1, -0.05) is 30.7 Å². The number of likely N-dealkylation sites (N-methyl/N-ethyl adjacent to an activating group) is 1. The number of nitrogens with two attached hydrogens (primary N) is 1. The fourth-order valence-electron chi connectivity index (χ4n) is 4.90. The zero-order chi connectivity index (χ0) is 26.9. The Morgan fingerprint density at radius 3 is 2.51 bits per heavy atom. The van der Waals surface area contributed by atoms with E-state index in [2.05, 4.69) is 10.1 Å². The van der Waals surface area contributed by atoms with Gasteiger partial charge in [0.05, 0.1) is 17.8 Å². The van der Waals surface area contributed by atoms with E-state index in [0.717, 1.165) is 21.7 Å². The average molecular weight is 523 g/mol. The molecular formula is C27H31ClN6O3. The average Bonchev–Trinajstić information content (AvgIpc) is 3.29. The van der Waals surface area contributed by atoms with Crippen LogP contribution in [0.5, 0.6) is 0 Å². The molecule has 1 saturated heterocycles. The van der Waals surface area contributed by atoms with Gasteiger partial charge < -0.3 is 10.6 Å². The van der Waals surface area contributed by atoms with Crippen molar-refractivity contribution in [3.8, 4) is 0 Å². The minimum Gasteiger partial charge on any atom is -0.384 e. The number of hydrogen-bond donors (Lipinski definition) is 1. The topological polar surface area (TPSA) is 114 Å². The van der Waals surface area contributed by atoms with Gasteiger partial charge in [-0.05, 0) is 61.1 Å². The third kappa shape index (κ3) is 5.51. The van der Waals surface area contributed by atoms with Crippen LogP contribution in [0, 0.1) is 12.8 Å². The van der Waals surface area contributed by atoms with E-state index in [-0.39, 0.29) is 36.5 Å². The number of rotatable bonds is 8. The molecule has 0 bridgehead atoms. The third-order valence-electron chi connectivity index (χ3n) is 6.89. The molecule has 3 amide bonds. The molecule has 37 heavy (non-hydrogen) atoms. The lowest BCUT2D eigenvalue weighted by Crippen LogP contribution is -2.69. The summed E-state index contributed by atoms with van der Waals surface area (Å²) in [7, 11) is 3.38. The van der Waals surface area contributed by atoms with E-state index in [9.17, 15) is 14.4 Å². The first-order chi connectivity index (χ1) is 17.6. The van der Waals surface area contributed by atoms with Gasteiger partial charge in [0.2, 0.25) is 11.8 Å². The van der Waals surface area contributed by atoms with Crippen LogP contribution in [0.3, 0.4) is 0 Å². The predicted octanol–water partition coefficient (Wildman–Crippen LogP) is 3.50. The van der Waals surface area contributed by atoms with Crippen LogP contribution in [0.15, 0.2) is 48.8 Å². The number of hydrogen-bond acceptors (Lipinski definition) is 6. The molecule has 1 aromatic carbocycles. The van der Waals surface area contributed by atoms with E-state index in [1.54, 1.807) is 49.4 Å². The lowest BCUT2D eigenvalue weighted by atomic mass is 9.80. The molecule has 3 heterocycles. The minimum atomic E-state index is -0.928. The standard InChI is InChI=1S/C27H31ClN6O3/c1-5-18(19-6-8-20(28)9-7-19)13-24(35)34-25(27(37)33(4)21-14-30-32(3)15-21)22(26(34)36)11-17-10-16(2)31-23(29)12-17/h6-10,12,14-15,18,22,25H,5,11,13H2,1-4H3,(H2,29,31)/t18-,22+,25-/m0/s1. The zero-order valence-corrected chi connectivity index (χ0v) is 22.1. The number of imide groups is 1. The molecule has 194 valence electrons. The number of likely N-dealkylation sites (tertiary alicyclic amines) is 1. The summed E-state index contributed by atoms with van der Waals surface area (Å²) in [5.74, 6) is -1.52. The number of carbonyl (C=O) groups is 3. The van der Waals surface area contributed by atoms with E-state index in [1.165, 1.54) is 4.90 Å². The Labute approximate surface area is 221 Å². The minimum absolute atomic E-state index is 0.105. The number of β-lactam (4-membered cyclic amide) rings is 1. The number of carbonyl (C=O) groups excluding carboxylic acids is 3. The largest absolute Gasteiger partial charge is 0.384 e. The van der Waals surface area contributed by atoms with Gasteiger partial charge in [-0.2, -0.15) is 5.10 Å². The van der Waals surface area contributed by atoms with Crippen LogP contribution in [0.2, 0.25) is 5.02 Å². The highest BCUT2D eigenvalue weighted by Crippen LogP contribution is 2.35. The van der Waals surface area contributed by atoms with E-state index in [0.29, 0.717) is 22.9 Å². The van der Waals surface area contributed by atoms with Gasteiger partial charge in [-0.15, -0.1) is 0 Å². The van der Waals surface area contributed by atoms with E-state index in [4.69, 9.17) is 17.3 Å². The lowest BCUT2D eigenvalue weighted by molar-refractivity contribution is -0.170. The Hall–Kier alpha value is -3.72. The van der Waals surface area contributed by atoms with Gasteiger partial charge in [-0.3, -0.25) is 24.0 Å². The number of aryl methyl sites for hydroxylation is 2. The summed E-state index contributed by atoms with van der Waals surface area (Å²) in [6.45, 7) is 3.81. The molecule has 9 nitrogen and oxygen atoms in total. The van der Waals surface area contributed by atoms with E-state index in [1.807, 2.05) is 32.0 Å². The van der Waals surface area contributed by atoms with Crippen molar-refractivity contribution >= 4 is 40.8 Å². The lowest BCUT2D eigenvalue weighted by Gasteiger charge is -2.46. The van der Waals surface area contributed by atoms with Crippen molar-refractivity contribution < 1.29 is 14.4 Å². The number of benzene rings is 1. The second-order valence-corrected chi connectivity index (χ2v) is 9.97. The summed E-state index contributed by atoms with van der Waals surface area (Å²) in [5, 5.41) is 4.75. The van der Waals surface area contributed by atoms with Crippen LogP contribution in [0.1, 0.15) is 42.5 Å². The maximum Gasteiger partial charge on any atom is 0.250 e. The molecular weight excluding hydrogens is 492 g/mol.